The summed E-state index contributed by atoms with van der Waals surface area (Å²) >= 11 is 0. The van der Waals surface area contributed by atoms with Crippen LogP contribution in [0.2, 0.25) is 0 Å². The molecular weight excluding hydrogens is 196 g/mol. The van der Waals surface area contributed by atoms with Gasteiger partial charge >= 0.3 is 0 Å². The Hall–Kier alpha value is -1.52. The summed E-state index contributed by atoms with van der Waals surface area (Å²) in [6, 6.07) is 9.98. The first-order valence-corrected chi connectivity index (χ1v) is 5.57. The minimum atomic E-state index is 0.0279. The second kappa shape index (κ2) is 7.73. The summed E-state index contributed by atoms with van der Waals surface area (Å²) in [5.41, 5.74) is 1.04. The van der Waals surface area contributed by atoms with Crippen molar-refractivity contribution in [3.05, 3.63) is 48.6 Å². The van der Waals surface area contributed by atoms with E-state index in [0.29, 0.717) is 0 Å². The van der Waals surface area contributed by atoms with Crippen LogP contribution in [0.4, 0.5) is 0 Å². The maximum absolute atomic E-state index is 5.31. The quantitative estimate of drug-likeness (QED) is 0.414. The van der Waals surface area contributed by atoms with Crippen LogP contribution >= 0.6 is 0 Å². The molecule has 0 bridgehead atoms. The minimum absolute atomic E-state index is 0.0279. The number of benzene rings is 1. The lowest BCUT2D eigenvalue weighted by Gasteiger charge is -2.06. The molecule has 0 aromatic heterocycles. The largest absolute Gasteiger partial charge is 0.369 e. The summed E-state index contributed by atoms with van der Waals surface area (Å²) in [5, 5.41) is 0. The van der Waals surface area contributed by atoms with Gasteiger partial charge in [0.25, 0.3) is 0 Å². The molecule has 1 nitrogen and oxygen atoms in total. The summed E-state index contributed by atoms with van der Waals surface area (Å²) in [5.74, 6) is 6.26. The number of hydrogen-bond donors (Lipinski definition) is 0. The molecule has 0 fully saturated rings. The fraction of sp³-hybridized carbons (Fsp3) is 0.333. The second-order valence-electron chi connectivity index (χ2n) is 3.58. The third kappa shape index (κ3) is 4.82. The summed E-state index contributed by atoms with van der Waals surface area (Å²) in [4.78, 5) is 0. The van der Waals surface area contributed by atoms with Crippen molar-refractivity contribution < 1.29 is 4.74 Å². The Kier molecular flexibility index (Phi) is 6.06. The Morgan fingerprint density at radius 3 is 2.75 bits per heavy atom. The molecule has 0 amide bonds. The van der Waals surface area contributed by atoms with Gasteiger partial charge in [0.1, 0.15) is 6.10 Å². The average Bonchev–Trinajstić information content (AvgIpc) is 2.35. The lowest BCUT2D eigenvalue weighted by molar-refractivity contribution is 0.139. The molecule has 0 spiro atoms. The van der Waals surface area contributed by atoms with Crippen LogP contribution in [-0.4, -0.2) is 13.2 Å². The molecule has 0 heterocycles. The Balaban J connectivity index is 2.49. The van der Waals surface area contributed by atoms with Gasteiger partial charge in [-0.15, -0.1) is 6.58 Å². The summed E-state index contributed by atoms with van der Waals surface area (Å²) in [7, 11) is 1.71. The Morgan fingerprint density at radius 1 is 1.38 bits per heavy atom. The standard InChI is InChI=1S/C15H18O/c1-3-4-6-11-15(16-2)13-12-14-9-7-5-8-10-14/h3,5,7-10,15H,1,4,6,11H2,2H3/t15-/m1/s1. The van der Waals surface area contributed by atoms with E-state index in [1.165, 1.54) is 0 Å². The van der Waals surface area contributed by atoms with E-state index in [9.17, 15) is 0 Å². The van der Waals surface area contributed by atoms with Gasteiger partial charge in [0.05, 0.1) is 0 Å². The maximum Gasteiger partial charge on any atom is 0.118 e. The van der Waals surface area contributed by atoms with Gasteiger partial charge in [-0.25, -0.2) is 0 Å². The van der Waals surface area contributed by atoms with Crippen LogP contribution in [0.3, 0.4) is 0 Å². The Morgan fingerprint density at radius 2 is 2.12 bits per heavy atom. The predicted molar refractivity (Wildman–Crippen MR) is 68.2 cm³/mol. The third-order valence-electron chi connectivity index (χ3n) is 2.31. The van der Waals surface area contributed by atoms with Crippen LogP contribution in [0, 0.1) is 11.8 Å². The van der Waals surface area contributed by atoms with Gasteiger partial charge in [-0.05, 0) is 31.4 Å². The second-order valence-corrected chi connectivity index (χ2v) is 3.58. The van der Waals surface area contributed by atoms with Crippen LogP contribution < -0.4 is 0 Å². The Labute approximate surface area is 98.1 Å². The van der Waals surface area contributed by atoms with Gasteiger partial charge in [-0.3, -0.25) is 0 Å². The summed E-state index contributed by atoms with van der Waals surface area (Å²) in [6.45, 7) is 3.70. The third-order valence-corrected chi connectivity index (χ3v) is 2.31. The summed E-state index contributed by atoms with van der Waals surface area (Å²) in [6.07, 6.45) is 5.01. The molecule has 0 saturated carbocycles. The Bertz CT molecular complexity index is 356. The van der Waals surface area contributed by atoms with Gasteiger partial charge in [-0.2, -0.15) is 0 Å². The van der Waals surface area contributed by atoms with E-state index in [1.807, 2.05) is 36.4 Å². The lowest BCUT2D eigenvalue weighted by atomic mass is 10.1. The van der Waals surface area contributed by atoms with Crippen molar-refractivity contribution in [3.8, 4) is 11.8 Å². The van der Waals surface area contributed by atoms with E-state index in [-0.39, 0.29) is 6.10 Å². The highest BCUT2D eigenvalue weighted by molar-refractivity contribution is 5.34. The molecule has 0 aliphatic carbocycles. The number of allylic oxidation sites excluding steroid dienone is 1. The lowest BCUT2D eigenvalue weighted by Crippen LogP contribution is -2.06. The van der Waals surface area contributed by atoms with Crippen LogP contribution in [0.15, 0.2) is 43.0 Å². The average molecular weight is 214 g/mol. The maximum atomic E-state index is 5.31. The first-order valence-electron chi connectivity index (χ1n) is 5.57. The molecule has 0 saturated heterocycles. The molecule has 1 aromatic carbocycles. The molecule has 1 rings (SSSR count). The first-order chi connectivity index (χ1) is 7.86. The van der Waals surface area contributed by atoms with Gasteiger partial charge in [0.15, 0.2) is 0 Å². The van der Waals surface area contributed by atoms with Gasteiger partial charge in [0.2, 0.25) is 0 Å². The highest BCUT2D eigenvalue weighted by Gasteiger charge is 2.00. The monoisotopic (exact) mass is 214 g/mol. The van der Waals surface area contributed by atoms with Gasteiger partial charge in [-0.1, -0.05) is 36.1 Å². The van der Waals surface area contributed by atoms with E-state index < -0.39 is 0 Å². The fourth-order valence-corrected chi connectivity index (χ4v) is 1.38. The smallest absolute Gasteiger partial charge is 0.118 e. The van der Waals surface area contributed by atoms with Crippen LogP contribution in [0.5, 0.6) is 0 Å². The number of ether oxygens (including phenoxy) is 1. The van der Waals surface area contributed by atoms with Crippen molar-refractivity contribution in [3.63, 3.8) is 0 Å². The van der Waals surface area contributed by atoms with E-state index in [1.54, 1.807) is 7.11 Å². The van der Waals surface area contributed by atoms with Crippen molar-refractivity contribution in [2.24, 2.45) is 0 Å². The van der Waals surface area contributed by atoms with Crippen molar-refractivity contribution in [2.45, 2.75) is 25.4 Å². The molecule has 16 heavy (non-hydrogen) atoms. The van der Waals surface area contributed by atoms with Gasteiger partial charge < -0.3 is 4.74 Å². The number of hydrogen-bond acceptors (Lipinski definition) is 1. The molecule has 84 valence electrons. The van der Waals surface area contributed by atoms with Crippen molar-refractivity contribution in [2.75, 3.05) is 7.11 Å². The molecule has 0 N–H and O–H groups in total. The molecule has 0 unspecified atom stereocenters. The molecule has 1 aromatic rings. The molecule has 0 radical (unpaired) electrons. The SMILES string of the molecule is C=CCCC[C@H](C#Cc1ccccc1)OC. The number of unbranched alkanes of at least 4 members (excludes halogenated alkanes) is 1. The predicted octanol–water partition coefficient (Wildman–Crippen LogP) is 3.41. The minimum Gasteiger partial charge on any atom is -0.369 e. The molecule has 0 aliphatic heterocycles. The highest BCUT2D eigenvalue weighted by Crippen LogP contribution is 2.04. The van der Waals surface area contributed by atoms with Crippen LogP contribution in [0.1, 0.15) is 24.8 Å². The van der Waals surface area contributed by atoms with Gasteiger partial charge in [0, 0.05) is 12.7 Å². The molecule has 0 aliphatic rings. The summed E-state index contributed by atoms with van der Waals surface area (Å²) < 4.78 is 5.31. The normalized spacial score (nSPS) is 11.3. The molecule has 1 heteroatoms. The van der Waals surface area contributed by atoms with Crippen molar-refractivity contribution in [1.82, 2.24) is 0 Å². The number of methoxy groups -OCH3 is 1. The first kappa shape index (κ1) is 12.5. The zero-order valence-corrected chi connectivity index (χ0v) is 9.78. The van der Waals surface area contributed by atoms with Crippen LogP contribution in [0.25, 0.3) is 0 Å². The zero-order chi connectivity index (χ0) is 11.6. The van der Waals surface area contributed by atoms with E-state index in [0.717, 1.165) is 24.8 Å². The number of rotatable bonds is 5. The van der Waals surface area contributed by atoms with E-state index in [2.05, 4.69) is 18.4 Å². The van der Waals surface area contributed by atoms with E-state index >= 15 is 0 Å². The topological polar surface area (TPSA) is 9.23 Å². The molecular formula is C15H18O. The highest BCUT2D eigenvalue weighted by atomic mass is 16.5. The van der Waals surface area contributed by atoms with Crippen molar-refractivity contribution >= 4 is 0 Å². The van der Waals surface area contributed by atoms with Crippen LogP contribution in [-0.2, 0) is 4.74 Å². The van der Waals surface area contributed by atoms with E-state index in [4.69, 9.17) is 4.74 Å². The zero-order valence-electron chi connectivity index (χ0n) is 9.78. The van der Waals surface area contributed by atoms with Crippen molar-refractivity contribution in [1.29, 1.82) is 0 Å². The fourth-order valence-electron chi connectivity index (χ4n) is 1.38. The molecule has 1 atom stereocenters.